The number of oxime groups is 1. The van der Waals surface area contributed by atoms with Crippen molar-refractivity contribution in [1.29, 1.82) is 0 Å². The van der Waals surface area contributed by atoms with Crippen LogP contribution in [0.25, 0.3) is 0 Å². The zero-order valence-corrected chi connectivity index (χ0v) is 20.1. The van der Waals surface area contributed by atoms with Gasteiger partial charge in [0.2, 0.25) is 0 Å². The highest BCUT2D eigenvalue weighted by atomic mass is 16.6. The zero-order chi connectivity index (χ0) is 23.6. The molecule has 1 unspecified atom stereocenters. The number of cyclic esters (lactones) is 1. The first-order valence-corrected chi connectivity index (χ1v) is 12.0. The Morgan fingerprint density at radius 3 is 2.76 bits per heavy atom. The minimum atomic E-state index is -0.314. The van der Waals surface area contributed by atoms with Gasteiger partial charge in [0.1, 0.15) is 0 Å². The summed E-state index contributed by atoms with van der Waals surface area (Å²) in [6, 6.07) is 3.99. The van der Waals surface area contributed by atoms with E-state index in [1.54, 1.807) is 0 Å². The fraction of sp³-hybridized carbons (Fsp3) is 0.519. The molecule has 0 aromatic heterocycles. The molecule has 0 bridgehead atoms. The first-order chi connectivity index (χ1) is 15.9. The molecule has 1 amide bonds. The Morgan fingerprint density at radius 2 is 1.97 bits per heavy atom. The van der Waals surface area contributed by atoms with E-state index >= 15 is 0 Å². The average Bonchev–Trinajstić information content (AvgIpc) is 2.78. The SMILES string of the molecule is Cc1cc(C)c2c(c1)CC(=N\OCC(=O)N1CCCCC1)/C=C/CC(C)C=CCCOC2=O. The van der Waals surface area contributed by atoms with Crippen LogP contribution < -0.4 is 0 Å². The highest BCUT2D eigenvalue weighted by Crippen LogP contribution is 2.21. The number of nitrogens with zero attached hydrogens (tertiary/aromatic N) is 2. The third kappa shape index (κ3) is 7.58. The number of hydrogen-bond acceptors (Lipinski definition) is 5. The van der Waals surface area contributed by atoms with Crippen LogP contribution in [0.4, 0.5) is 0 Å². The summed E-state index contributed by atoms with van der Waals surface area (Å²) in [6.45, 7) is 7.95. The second-order valence-electron chi connectivity index (χ2n) is 9.06. The van der Waals surface area contributed by atoms with E-state index in [2.05, 4.69) is 30.3 Å². The molecule has 3 rings (SSSR count). The summed E-state index contributed by atoms with van der Waals surface area (Å²) < 4.78 is 5.55. The van der Waals surface area contributed by atoms with Crippen LogP contribution in [0.3, 0.4) is 0 Å². The van der Waals surface area contributed by atoms with Gasteiger partial charge in [0, 0.05) is 19.5 Å². The normalized spacial score (nSPS) is 22.3. The Balaban J connectivity index is 1.83. The van der Waals surface area contributed by atoms with Crippen molar-refractivity contribution in [2.75, 3.05) is 26.3 Å². The van der Waals surface area contributed by atoms with E-state index in [9.17, 15) is 9.59 Å². The van der Waals surface area contributed by atoms with Crippen molar-refractivity contribution < 1.29 is 19.2 Å². The fourth-order valence-electron chi connectivity index (χ4n) is 4.33. The summed E-state index contributed by atoms with van der Waals surface area (Å²) in [5.74, 6) is 0.0170. The predicted molar refractivity (Wildman–Crippen MR) is 130 cm³/mol. The van der Waals surface area contributed by atoms with Gasteiger partial charge in [0.25, 0.3) is 5.91 Å². The number of ether oxygens (including phenoxy) is 1. The van der Waals surface area contributed by atoms with Crippen molar-refractivity contribution >= 4 is 17.6 Å². The summed E-state index contributed by atoms with van der Waals surface area (Å²) >= 11 is 0. The molecule has 0 radical (unpaired) electrons. The monoisotopic (exact) mass is 452 g/mol. The minimum Gasteiger partial charge on any atom is -0.462 e. The molecule has 33 heavy (non-hydrogen) atoms. The lowest BCUT2D eigenvalue weighted by Gasteiger charge is -2.26. The largest absolute Gasteiger partial charge is 0.462 e. The molecule has 1 fully saturated rings. The molecule has 6 nitrogen and oxygen atoms in total. The van der Waals surface area contributed by atoms with E-state index in [0.29, 0.717) is 36.6 Å². The fourth-order valence-corrected chi connectivity index (χ4v) is 4.33. The summed E-state index contributed by atoms with van der Waals surface area (Å²) in [7, 11) is 0. The molecule has 0 aliphatic carbocycles. The van der Waals surface area contributed by atoms with Gasteiger partial charge in [-0.15, -0.1) is 0 Å². The lowest BCUT2D eigenvalue weighted by Crippen LogP contribution is -2.37. The Hall–Kier alpha value is -2.89. The summed E-state index contributed by atoms with van der Waals surface area (Å²) in [5.41, 5.74) is 4.07. The van der Waals surface area contributed by atoms with Crippen LogP contribution in [0.15, 0.2) is 41.6 Å². The van der Waals surface area contributed by atoms with Gasteiger partial charge < -0.3 is 14.5 Å². The maximum atomic E-state index is 12.9. The number of hydrogen-bond donors (Lipinski definition) is 0. The van der Waals surface area contributed by atoms with Gasteiger partial charge in [-0.05, 0) is 69.1 Å². The number of piperidine rings is 1. The van der Waals surface area contributed by atoms with Gasteiger partial charge in [-0.2, -0.15) is 0 Å². The minimum absolute atomic E-state index is 0.0293. The number of aryl methyl sites for hydroxylation is 2. The number of allylic oxidation sites excluding steroid dienone is 3. The molecule has 2 heterocycles. The Labute approximate surface area is 197 Å². The van der Waals surface area contributed by atoms with E-state index in [-0.39, 0.29) is 18.5 Å². The van der Waals surface area contributed by atoms with Gasteiger partial charge in [-0.1, -0.05) is 48.0 Å². The highest BCUT2D eigenvalue weighted by molar-refractivity contribution is 6.00. The molecule has 2 aliphatic rings. The van der Waals surface area contributed by atoms with E-state index in [0.717, 1.165) is 49.0 Å². The molecule has 0 spiro atoms. The molecule has 1 aromatic carbocycles. The molecular weight excluding hydrogens is 416 g/mol. The van der Waals surface area contributed by atoms with Crippen molar-refractivity contribution in [2.24, 2.45) is 11.1 Å². The first kappa shape index (κ1) is 24.7. The lowest BCUT2D eigenvalue weighted by molar-refractivity contribution is -0.137. The number of esters is 1. The van der Waals surface area contributed by atoms with Gasteiger partial charge in [-0.25, -0.2) is 4.79 Å². The van der Waals surface area contributed by atoms with E-state index in [4.69, 9.17) is 9.57 Å². The Morgan fingerprint density at radius 1 is 1.18 bits per heavy atom. The van der Waals surface area contributed by atoms with Crippen LogP contribution in [0.5, 0.6) is 0 Å². The second kappa shape index (κ2) is 12.4. The number of rotatable bonds is 3. The lowest BCUT2D eigenvalue weighted by atomic mass is 9.94. The first-order valence-electron chi connectivity index (χ1n) is 12.0. The number of carbonyl (C=O) groups is 2. The van der Waals surface area contributed by atoms with Crippen molar-refractivity contribution in [3.8, 4) is 0 Å². The highest BCUT2D eigenvalue weighted by Gasteiger charge is 2.19. The quantitative estimate of drug-likeness (QED) is 0.370. The number of amides is 1. The standard InChI is InChI=1S/C27H36N2O4/c1-20-10-5-8-15-32-27(31)26-22(3)16-21(2)17-23(26)18-24(12-9-11-20)28-33-19-25(30)29-13-6-4-7-14-29/h5,9-10,12,16-17,20H,4,6-8,11,13-15,18-19H2,1-3H3/b10-5?,12-9+,28-24-. The molecule has 1 aromatic rings. The number of likely N-dealkylation sites (tertiary alicyclic amines) is 1. The molecule has 178 valence electrons. The van der Waals surface area contributed by atoms with Crippen LogP contribution in [0, 0.1) is 19.8 Å². The molecule has 6 heteroatoms. The molecular formula is C27H36N2O4. The maximum Gasteiger partial charge on any atom is 0.338 e. The molecule has 0 N–H and O–H groups in total. The smallest absolute Gasteiger partial charge is 0.338 e. The van der Waals surface area contributed by atoms with Crippen molar-refractivity contribution in [3.05, 3.63) is 58.7 Å². The van der Waals surface area contributed by atoms with Gasteiger partial charge in [0.15, 0.2) is 6.61 Å². The van der Waals surface area contributed by atoms with Crippen LogP contribution >= 0.6 is 0 Å². The Kier molecular flexibility index (Phi) is 9.28. The third-order valence-electron chi connectivity index (χ3n) is 6.02. The van der Waals surface area contributed by atoms with Crippen LogP contribution in [0.1, 0.15) is 66.1 Å². The van der Waals surface area contributed by atoms with E-state index in [1.807, 2.05) is 37.0 Å². The summed E-state index contributed by atoms with van der Waals surface area (Å²) in [6.07, 6.45) is 13.5. The number of benzene rings is 1. The van der Waals surface area contributed by atoms with Gasteiger partial charge >= 0.3 is 5.97 Å². The van der Waals surface area contributed by atoms with Crippen molar-refractivity contribution in [1.82, 2.24) is 4.90 Å². The Bertz CT molecular complexity index is 926. The van der Waals surface area contributed by atoms with E-state index in [1.165, 1.54) is 6.42 Å². The molecule has 2 aliphatic heterocycles. The summed E-state index contributed by atoms with van der Waals surface area (Å²) in [4.78, 5) is 32.7. The zero-order valence-electron chi connectivity index (χ0n) is 20.1. The van der Waals surface area contributed by atoms with Crippen molar-refractivity contribution in [2.45, 2.75) is 59.3 Å². The maximum absolute atomic E-state index is 12.9. The van der Waals surface area contributed by atoms with Crippen LogP contribution in [-0.4, -0.2) is 48.8 Å². The predicted octanol–water partition coefficient (Wildman–Crippen LogP) is 4.93. The van der Waals surface area contributed by atoms with Gasteiger partial charge in [-0.3, -0.25) is 4.79 Å². The van der Waals surface area contributed by atoms with Crippen LogP contribution in [-0.2, 0) is 20.8 Å². The summed E-state index contributed by atoms with van der Waals surface area (Å²) in [5, 5.41) is 4.31. The number of carbonyl (C=O) groups excluding carboxylic acids is 2. The third-order valence-corrected chi connectivity index (χ3v) is 6.02. The van der Waals surface area contributed by atoms with Gasteiger partial charge in [0.05, 0.1) is 17.9 Å². The molecule has 1 saturated heterocycles. The average molecular weight is 453 g/mol. The topological polar surface area (TPSA) is 68.2 Å². The molecule has 0 saturated carbocycles. The van der Waals surface area contributed by atoms with Crippen molar-refractivity contribution in [3.63, 3.8) is 0 Å². The number of fused-ring (bicyclic) bond motifs is 1. The van der Waals surface area contributed by atoms with Crippen LogP contribution in [0.2, 0.25) is 0 Å². The van der Waals surface area contributed by atoms with E-state index < -0.39 is 0 Å². The second-order valence-corrected chi connectivity index (χ2v) is 9.06. The molecule has 1 atom stereocenters.